The Morgan fingerprint density at radius 1 is 1.32 bits per heavy atom. The van der Waals surface area contributed by atoms with Crippen LogP contribution in [0, 0.1) is 13.8 Å². The minimum atomic E-state index is -5.48. The molecular formula is C13H16F3N3O2S. The van der Waals surface area contributed by atoms with Crippen LogP contribution in [-0.4, -0.2) is 23.5 Å². The van der Waals surface area contributed by atoms with Crippen LogP contribution in [0.2, 0.25) is 0 Å². The van der Waals surface area contributed by atoms with Gasteiger partial charge >= 0.3 is 15.5 Å². The first kappa shape index (κ1) is 16.6. The van der Waals surface area contributed by atoms with Crippen LogP contribution in [0.3, 0.4) is 0 Å². The first-order chi connectivity index (χ1) is 10.1. The van der Waals surface area contributed by atoms with E-state index in [2.05, 4.69) is 4.98 Å². The Balaban J connectivity index is 2.65. The van der Waals surface area contributed by atoms with E-state index < -0.39 is 15.5 Å². The summed E-state index contributed by atoms with van der Waals surface area (Å²) in [5, 5.41) is 0. The molecule has 1 N–H and O–H groups in total. The molecule has 9 heteroatoms. The third-order valence-corrected chi connectivity index (χ3v) is 4.52. The fourth-order valence-electron chi connectivity index (χ4n) is 2.16. The summed E-state index contributed by atoms with van der Waals surface area (Å²) < 4.78 is 64.0. The van der Waals surface area contributed by atoms with E-state index in [1.54, 1.807) is 29.2 Å². The molecule has 0 unspecified atom stereocenters. The summed E-state index contributed by atoms with van der Waals surface area (Å²) in [6.07, 6.45) is 2.32. The highest BCUT2D eigenvalue weighted by Gasteiger charge is 2.46. The number of aromatic nitrogens is 2. The molecule has 0 atom stereocenters. The second kappa shape index (κ2) is 5.45. The lowest BCUT2D eigenvalue weighted by Gasteiger charge is -2.15. The van der Waals surface area contributed by atoms with Crippen molar-refractivity contribution < 1.29 is 21.6 Å². The van der Waals surface area contributed by atoms with Crippen molar-refractivity contribution in [2.24, 2.45) is 0 Å². The van der Waals surface area contributed by atoms with Crippen molar-refractivity contribution >= 4 is 26.7 Å². The number of anilines is 1. The number of aryl methyl sites for hydroxylation is 2. The van der Waals surface area contributed by atoms with Crippen LogP contribution in [0.1, 0.15) is 24.5 Å². The van der Waals surface area contributed by atoms with E-state index in [4.69, 9.17) is 0 Å². The molecule has 1 aromatic carbocycles. The molecule has 22 heavy (non-hydrogen) atoms. The van der Waals surface area contributed by atoms with Gasteiger partial charge in [0, 0.05) is 6.54 Å². The van der Waals surface area contributed by atoms with Crippen molar-refractivity contribution in [2.75, 3.05) is 4.72 Å². The fourth-order valence-corrected chi connectivity index (χ4v) is 2.79. The number of fused-ring (bicyclic) bond motifs is 1. The van der Waals surface area contributed by atoms with E-state index in [9.17, 15) is 21.6 Å². The Bertz CT molecular complexity index is 810. The van der Waals surface area contributed by atoms with E-state index in [1.807, 2.05) is 6.92 Å². The maximum atomic E-state index is 12.6. The number of rotatable bonds is 4. The summed E-state index contributed by atoms with van der Waals surface area (Å²) in [6, 6.07) is 1.79. The molecule has 2 aromatic rings. The van der Waals surface area contributed by atoms with Crippen LogP contribution in [0.15, 0.2) is 12.4 Å². The standard InChI is InChI=1S/C13H16F3N3O2S/c1-4-5-19-7-17-12-10(19)6-8(2)9(3)11(12)18-22(20,21)13(14,15)16/h6-7,18H,4-5H2,1-3H3. The predicted molar refractivity (Wildman–Crippen MR) is 78.1 cm³/mol. The Kier molecular flexibility index (Phi) is 4.12. The first-order valence-electron chi connectivity index (χ1n) is 6.62. The summed E-state index contributed by atoms with van der Waals surface area (Å²) in [7, 11) is -5.48. The van der Waals surface area contributed by atoms with Gasteiger partial charge in [-0.3, -0.25) is 4.72 Å². The summed E-state index contributed by atoms with van der Waals surface area (Å²) in [5.74, 6) is 0. The van der Waals surface area contributed by atoms with Gasteiger partial charge in [-0.25, -0.2) is 4.98 Å². The van der Waals surface area contributed by atoms with Crippen LogP contribution in [0.4, 0.5) is 18.9 Å². The molecule has 0 aliphatic rings. The van der Waals surface area contributed by atoms with Gasteiger partial charge in [-0.05, 0) is 37.5 Å². The Morgan fingerprint density at radius 2 is 1.95 bits per heavy atom. The lowest BCUT2D eigenvalue weighted by Crippen LogP contribution is -2.30. The van der Waals surface area contributed by atoms with E-state index >= 15 is 0 Å². The second-order valence-electron chi connectivity index (χ2n) is 5.05. The summed E-state index contributed by atoms with van der Waals surface area (Å²) >= 11 is 0. The summed E-state index contributed by atoms with van der Waals surface area (Å²) in [6.45, 7) is 5.87. The van der Waals surface area contributed by atoms with Crippen LogP contribution in [0.5, 0.6) is 0 Å². The number of hydrogen-bond donors (Lipinski definition) is 1. The van der Waals surface area contributed by atoms with Crippen LogP contribution in [-0.2, 0) is 16.6 Å². The van der Waals surface area contributed by atoms with Gasteiger partial charge in [0.15, 0.2) is 0 Å². The molecule has 0 spiro atoms. The fraction of sp³-hybridized carbons (Fsp3) is 0.462. The first-order valence-corrected chi connectivity index (χ1v) is 8.11. The van der Waals surface area contributed by atoms with Crippen molar-refractivity contribution in [1.82, 2.24) is 9.55 Å². The molecule has 0 radical (unpaired) electrons. The highest BCUT2D eigenvalue weighted by molar-refractivity contribution is 7.93. The van der Waals surface area contributed by atoms with Gasteiger partial charge in [0.1, 0.15) is 5.52 Å². The lowest BCUT2D eigenvalue weighted by atomic mass is 10.1. The van der Waals surface area contributed by atoms with Gasteiger partial charge < -0.3 is 4.57 Å². The van der Waals surface area contributed by atoms with Gasteiger partial charge in [0.2, 0.25) is 0 Å². The van der Waals surface area contributed by atoms with Gasteiger partial charge in [0.25, 0.3) is 0 Å². The van der Waals surface area contributed by atoms with Gasteiger partial charge in [-0.15, -0.1) is 0 Å². The van der Waals surface area contributed by atoms with Crippen molar-refractivity contribution in [2.45, 2.75) is 39.2 Å². The third kappa shape index (κ3) is 2.77. The maximum absolute atomic E-state index is 12.6. The zero-order valence-corrected chi connectivity index (χ0v) is 13.1. The van der Waals surface area contributed by atoms with Crippen molar-refractivity contribution in [3.63, 3.8) is 0 Å². The number of benzene rings is 1. The number of nitrogens with one attached hydrogen (secondary N) is 1. The summed E-state index contributed by atoms with van der Waals surface area (Å²) in [4.78, 5) is 4.07. The quantitative estimate of drug-likeness (QED) is 0.932. The highest BCUT2D eigenvalue weighted by Crippen LogP contribution is 2.33. The number of sulfonamides is 1. The Morgan fingerprint density at radius 3 is 2.50 bits per heavy atom. The molecule has 0 saturated carbocycles. The van der Waals surface area contributed by atoms with Crippen LogP contribution >= 0.6 is 0 Å². The van der Waals surface area contributed by atoms with Crippen LogP contribution < -0.4 is 4.72 Å². The maximum Gasteiger partial charge on any atom is 0.516 e. The third-order valence-electron chi connectivity index (χ3n) is 3.44. The number of alkyl halides is 3. The molecule has 1 aromatic heterocycles. The van der Waals surface area contributed by atoms with Crippen LogP contribution in [0.25, 0.3) is 11.0 Å². The topological polar surface area (TPSA) is 64.0 Å². The molecule has 5 nitrogen and oxygen atoms in total. The second-order valence-corrected chi connectivity index (χ2v) is 6.72. The SMILES string of the molecule is CCCn1cnc2c(NS(=O)(=O)C(F)(F)F)c(C)c(C)cc21. The van der Waals surface area contributed by atoms with Crippen molar-refractivity contribution in [3.8, 4) is 0 Å². The van der Waals surface area contributed by atoms with E-state index in [1.165, 1.54) is 6.33 Å². The number of nitrogens with zero attached hydrogens (tertiary/aromatic N) is 2. The van der Waals surface area contributed by atoms with Crippen molar-refractivity contribution in [1.29, 1.82) is 0 Å². The van der Waals surface area contributed by atoms with Crippen molar-refractivity contribution in [3.05, 3.63) is 23.5 Å². The largest absolute Gasteiger partial charge is 0.516 e. The minimum absolute atomic E-state index is 0.123. The van der Waals surface area contributed by atoms with E-state index in [0.29, 0.717) is 23.2 Å². The normalized spacial score (nSPS) is 12.8. The smallest absolute Gasteiger partial charge is 0.331 e. The highest BCUT2D eigenvalue weighted by atomic mass is 32.2. The molecule has 122 valence electrons. The predicted octanol–water partition coefficient (Wildman–Crippen LogP) is 3.32. The molecule has 0 amide bonds. The minimum Gasteiger partial charge on any atom is -0.331 e. The molecule has 0 saturated heterocycles. The van der Waals surface area contributed by atoms with E-state index in [0.717, 1.165) is 6.42 Å². The average molecular weight is 335 g/mol. The molecule has 0 fully saturated rings. The number of halogens is 3. The Hall–Kier alpha value is -1.77. The van der Waals surface area contributed by atoms with Gasteiger partial charge in [0.05, 0.1) is 17.5 Å². The molecule has 0 bridgehead atoms. The van der Waals surface area contributed by atoms with Gasteiger partial charge in [-0.1, -0.05) is 6.92 Å². The zero-order chi connectivity index (χ0) is 16.7. The zero-order valence-electron chi connectivity index (χ0n) is 12.3. The Labute approximate surface area is 126 Å². The lowest BCUT2D eigenvalue weighted by molar-refractivity contribution is -0.0429. The molecule has 2 rings (SSSR count). The number of imidazole rings is 1. The molecular weight excluding hydrogens is 319 g/mol. The average Bonchev–Trinajstić information content (AvgIpc) is 2.77. The molecule has 0 aliphatic carbocycles. The molecule has 1 heterocycles. The monoisotopic (exact) mass is 335 g/mol. The molecule has 0 aliphatic heterocycles. The number of hydrogen-bond acceptors (Lipinski definition) is 3. The summed E-state index contributed by atoms with van der Waals surface area (Å²) in [5.41, 5.74) is -3.58. The van der Waals surface area contributed by atoms with Gasteiger partial charge in [-0.2, -0.15) is 21.6 Å². The van der Waals surface area contributed by atoms with E-state index in [-0.39, 0.29) is 11.2 Å².